The van der Waals surface area contributed by atoms with Gasteiger partial charge in [-0.15, -0.1) is 0 Å². The smallest absolute Gasteiger partial charge is 0.262 e. The Morgan fingerprint density at radius 2 is 2.00 bits per heavy atom. The highest BCUT2D eigenvalue weighted by Gasteiger charge is 2.18. The van der Waals surface area contributed by atoms with E-state index < -0.39 is 0 Å². The van der Waals surface area contributed by atoms with Crippen molar-refractivity contribution < 1.29 is 9.53 Å². The Labute approximate surface area is 122 Å². The molecule has 1 aliphatic rings. The van der Waals surface area contributed by atoms with E-state index in [0.29, 0.717) is 48.7 Å². The van der Waals surface area contributed by atoms with Crippen LogP contribution in [-0.4, -0.2) is 42.1 Å². The summed E-state index contributed by atoms with van der Waals surface area (Å²) in [5.41, 5.74) is 1.67. The van der Waals surface area contributed by atoms with E-state index >= 15 is 0 Å². The average molecular weight is 287 g/mol. The highest BCUT2D eigenvalue weighted by atomic mass is 16.5. The maximum atomic E-state index is 12.6. The van der Waals surface area contributed by atoms with Gasteiger partial charge in [-0.3, -0.25) is 14.2 Å². The molecule has 0 radical (unpaired) electrons. The molecular weight excluding hydrogens is 270 g/mol. The molecule has 3 rings (SSSR count). The van der Waals surface area contributed by atoms with Crippen LogP contribution in [0.1, 0.15) is 15.9 Å². The summed E-state index contributed by atoms with van der Waals surface area (Å²) in [5.74, 6) is 0.586. The summed E-state index contributed by atoms with van der Waals surface area (Å²) in [4.78, 5) is 30.4. The lowest BCUT2D eigenvalue weighted by molar-refractivity contribution is 0.112. The van der Waals surface area contributed by atoms with Crippen LogP contribution in [0.2, 0.25) is 0 Å². The zero-order valence-electron chi connectivity index (χ0n) is 12.1. The number of hydrogen-bond donors (Lipinski definition) is 0. The third kappa shape index (κ3) is 2.31. The summed E-state index contributed by atoms with van der Waals surface area (Å²) in [6, 6.07) is 3.53. The molecule has 1 aromatic heterocycles. The van der Waals surface area contributed by atoms with Gasteiger partial charge in [-0.2, -0.15) is 0 Å². The van der Waals surface area contributed by atoms with Gasteiger partial charge in [0.2, 0.25) is 5.95 Å². The van der Waals surface area contributed by atoms with Crippen molar-refractivity contribution in [2.75, 3.05) is 31.2 Å². The second-order valence-corrected chi connectivity index (χ2v) is 5.24. The molecule has 0 bridgehead atoms. The van der Waals surface area contributed by atoms with Gasteiger partial charge in [-0.25, -0.2) is 4.98 Å². The Morgan fingerprint density at radius 1 is 1.29 bits per heavy atom. The second-order valence-electron chi connectivity index (χ2n) is 5.24. The van der Waals surface area contributed by atoms with Gasteiger partial charge in [-0.05, 0) is 24.6 Å². The maximum Gasteiger partial charge on any atom is 0.262 e. The number of morpholine rings is 1. The number of carbonyl (C=O) groups is 1. The molecule has 110 valence electrons. The molecule has 1 saturated heterocycles. The van der Waals surface area contributed by atoms with E-state index in [1.807, 2.05) is 11.8 Å². The van der Waals surface area contributed by atoms with Gasteiger partial charge in [0.25, 0.3) is 5.56 Å². The van der Waals surface area contributed by atoms with E-state index in [2.05, 4.69) is 4.98 Å². The molecule has 6 heteroatoms. The predicted octanol–water partition coefficient (Wildman–Crippen LogP) is 0.891. The van der Waals surface area contributed by atoms with Gasteiger partial charge in [0.15, 0.2) is 6.29 Å². The Kier molecular flexibility index (Phi) is 3.47. The van der Waals surface area contributed by atoms with Gasteiger partial charge in [0.05, 0.1) is 24.1 Å². The Balaban J connectivity index is 2.27. The molecule has 0 atom stereocenters. The number of aldehydes is 1. The Bertz CT molecular complexity index is 761. The Hall–Kier alpha value is -2.21. The highest BCUT2D eigenvalue weighted by Crippen LogP contribution is 2.19. The fourth-order valence-electron chi connectivity index (χ4n) is 2.68. The molecule has 1 fully saturated rings. The first-order valence-corrected chi connectivity index (χ1v) is 6.91. The monoisotopic (exact) mass is 287 g/mol. The summed E-state index contributed by atoms with van der Waals surface area (Å²) in [6.07, 6.45) is 0.755. The third-order valence-electron chi connectivity index (χ3n) is 3.75. The zero-order valence-corrected chi connectivity index (χ0v) is 12.1. The number of ether oxygens (including phenoxy) is 1. The topological polar surface area (TPSA) is 64.4 Å². The first-order valence-electron chi connectivity index (χ1n) is 6.91. The standard InChI is InChI=1S/C15H17N3O3/c1-10-7-11(9-19)13-12(8-10)14(20)17(2)15(16-13)18-3-5-21-6-4-18/h7-9H,3-6H2,1-2H3. The summed E-state index contributed by atoms with van der Waals surface area (Å²) in [7, 11) is 1.71. The molecule has 2 aromatic rings. The maximum absolute atomic E-state index is 12.6. The summed E-state index contributed by atoms with van der Waals surface area (Å²) in [5, 5.41) is 0.483. The van der Waals surface area contributed by atoms with E-state index in [0.717, 1.165) is 11.8 Å². The van der Waals surface area contributed by atoms with Crippen molar-refractivity contribution >= 4 is 23.1 Å². The van der Waals surface area contributed by atoms with E-state index in [-0.39, 0.29) is 5.56 Å². The SMILES string of the molecule is Cc1cc(C=O)c2nc(N3CCOCC3)n(C)c(=O)c2c1. The first kappa shape index (κ1) is 13.8. The lowest BCUT2D eigenvalue weighted by atomic mass is 10.1. The minimum Gasteiger partial charge on any atom is -0.378 e. The molecular formula is C15H17N3O3. The molecule has 1 aromatic carbocycles. The first-order chi connectivity index (χ1) is 10.1. The van der Waals surface area contributed by atoms with Crippen LogP contribution in [0, 0.1) is 6.92 Å². The van der Waals surface area contributed by atoms with Gasteiger partial charge >= 0.3 is 0 Å². The fraction of sp³-hybridized carbons (Fsp3) is 0.400. The van der Waals surface area contributed by atoms with Gasteiger partial charge < -0.3 is 9.64 Å². The van der Waals surface area contributed by atoms with Crippen LogP contribution in [0.25, 0.3) is 10.9 Å². The number of carbonyl (C=O) groups excluding carboxylic acids is 1. The number of rotatable bonds is 2. The van der Waals surface area contributed by atoms with Gasteiger partial charge in [0.1, 0.15) is 0 Å². The van der Waals surface area contributed by atoms with Gasteiger partial charge in [-0.1, -0.05) is 0 Å². The molecule has 0 saturated carbocycles. The number of aryl methyl sites for hydroxylation is 1. The third-order valence-corrected chi connectivity index (χ3v) is 3.75. The van der Waals surface area contributed by atoms with E-state index in [9.17, 15) is 9.59 Å². The van der Waals surface area contributed by atoms with Crippen molar-refractivity contribution in [3.05, 3.63) is 33.6 Å². The van der Waals surface area contributed by atoms with Crippen LogP contribution < -0.4 is 10.5 Å². The summed E-state index contributed by atoms with van der Waals surface area (Å²) >= 11 is 0. The van der Waals surface area contributed by atoms with Crippen LogP contribution in [0.4, 0.5) is 5.95 Å². The Morgan fingerprint density at radius 3 is 2.67 bits per heavy atom. The number of nitrogens with zero attached hydrogens (tertiary/aromatic N) is 3. The van der Waals surface area contributed by atoms with Gasteiger partial charge in [0, 0.05) is 25.7 Å². The predicted molar refractivity (Wildman–Crippen MR) is 80.1 cm³/mol. The van der Waals surface area contributed by atoms with Crippen molar-refractivity contribution in [2.24, 2.45) is 7.05 Å². The molecule has 1 aliphatic heterocycles. The van der Waals surface area contributed by atoms with Crippen molar-refractivity contribution in [1.82, 2.24) is 9.55 Å². The zero-order chi connectivity index (χ0) is 15.0. The largest absolute Gasteiger partial charge is 0.378 e. The fourth-order valence-corrected chi connectivity index (χ4v) is 2.68. The molecule has 6 nitrogen and oxygen atoms in total. The average Bonchev–Trinajstić information content (AvgIpc) is 2.51. The molecule has 0 aliphatic carbocycles. The van der Waals surface area contributed by atoms with E-state index in [1.54, 1.807) is 23.7 Å². The van der Waals surface area contributed by atoms with Crippen LogP contribution >= 0.6 is 0 Å². The summed E-state index contributed by atoms with van der Waals surface area (Å²) in [6.45, 7) is 4.47. The normalized spacial score (nSPS) is 15.4. The number of benzene rings is 1. The molecule has 0 spiro atoms. The molecule has 0 unspecified atom stereocenters. The minimum atomic E-state index is -0.131. The minimum absolute atomic E-state index is 0.131. The number of fused-ring (bicyclic) bond motifs is 1. The lowest BCUT2D eigenvalue weighted by Crippen LogP contribution is -2.40. The van der Waals surface area contributed by atoms with Crippen molar-refractivity contribution in [3.63, 3.8) is 0 Å². The lowest BCUT2D eigenvalue weighted by Gasteiger charge is -2.29. The molecule has 0 N–H and O–H groups in total. The highest BCUT2D eigenvalue weighted by molar-refractivity contribution is 5.96. The van der Waals surface area contributed by atoms with Crippen molar-refractivity contribution in [1.29, 1.82) is 0 Å². The van der Waals surface area contributed by atoms with Crippen LogP contribution in [-0.2, 0) is 11.8 Å². The number of hydrogen-bond acceptors (Lipinski definition) is 5. The van der Waals surface area contributed by atoms with Crippen LogP contribution in [0.5, 0.6) is 0 Å². The second kappa shape index (κ2) is 5.29. The van der Waals surface area contributed by atoms with Crippen molar-refractivity contribution in [2.45, 2.75) is 6.92 Å². The number of anilines is 1. The van der Waals surface area contributed by atoms with E-state index in [4.69, 9.17) is 4.74 Å². The summed E-state index contributed by atoms with van der Waals surface area (Å²) < 4.78 is 6.87. The number of aromatic nitrogens is 2. The van der Waals surface area contributed by atoms with Crippen LogP contribution in [0.3, 0.4) is 0 Å². The van der Waals surface area contributed by atoms with Crippen LogP contribution in [0.15, 0.2) is 16.9 Å². The van der Waals surface area contributed by atoms with E-state index in [1.165, 1.54) is 0 Å². The van der Waals surface area contributed by atoms with Crippen molar-refractivity contribution in [3.8, 4) is 0 Å². The molecule has 21 heavy (non-hydrogen) atoms. The molecule has 2 heterocycles. The quantitative estimate of drug-likeness (QED) is 0.768. The molecule has 0 amide bonds.